The van der Waals surface area contributed by atoms with Crippen LogP contribution in [0.25, 0.3) is 0 Å². The van der Waals surface area contributed by atoms with Gasteiger partial charge in [-0.05, 0) is 31.4 Å². The van der Waals surface area contributed by atoms with Crippen LogP contribution in [0.4, 0.5) is 0 Å². The predicted molar refractivity (Wildman–Crippen MR) is 87.5 cm³/mol. The number of carboxylic acid groups (broad SMARTS) is 1. The fraction of sp³-hybridized carbons (Fsp3) is 0.278. The first-order valence-electron chi connectivity index (χ1n) is 7.47. The van der Waals surface area contributed by atoms with Crippen molar-refractivity contribution in [2.75, 3.05) is 0 Å². The Bertz CT molecular complexity index is 816. The second-order valence-electron chi connectivity index (χ2n) is 5.75. The molecule has 0 unspecified atom stereocenters. The van der Waals surface area contributed by atoms with Crippen LogP contribution < -0.4 is 0 Å². The zero-order valence-corrected chi connectivity index (χ0v) is 13.5. The molecule has 118 valence electrons. The van der Waals surface area contributed by atoms with Gasteiger partial charge in [-0.15, -0.1) is 11.3 Å². The van der Waals surface area contributed by atoms with Gasteiger partial charge in [0.2, 0.25) is 0 Å². The second-order valence-corrected chi connectivity index (χ2v) is 6.89. The van der Waals surface area contributed by atoms with E-state index < -0.39 is 5.97 Å². The molecular weight excluding hydrogens is 312 g/mol. The van der Waals surface area contributed by atoms with Gasteiger partial charge in [0.15, 0.2) is 11.6 Å². The summed E-state index contributed by atoms with van der Waals surface area (Å²) in [6.45, 7) is 2.00. The fourth-order valence-corrected chi connectivity index (χ4v) is 3.96. The van der Waals surface area contributed by atoms with E-state index in [0.717, 1.165) is 28.8 Å². The first-order chi connectivity index (χ1) is 11.0. The molecule has 5 heteroatoms. The van der Waals surface area contributed by atoms with E-state index in [9.17, 15) is 14.4 Å². The third-order valence-corrected chi connectivity index (χ3v) is 5.26. The Kier molecular flexibility index (Phi) is 4.13. The molecule has 1 aromatic carbocycles. The van der Waals surface area contributed by atoms with E-state index in [1.165, 1.54) is 11.3 Å². The maximum Gasteiger partial charge on any atom is 0.303 e. The van der Waals surface area contributed by atoms with E-state index in [4.69, 9.17) is 5.11 Å². The van der Waals surface area contributed by atoms with Gasteiger partial charge < -0.3 is 5.11 Å². The lowest BCUT2D eigenvalue weighted by Gasteiger charge is -2.05. The van der Waals surface area contributed by atoms with Gasteiger partial charge in [-0.1, -0.05) is 23.8 Å². The van der Waals surface area contributed by atoms with Crippen LogP contribution >= 0.6 is 11.3 Å². The number of rotatable bonds is 4. The van der Waals surface area contributed by atoms with Crippen LogP contribution in [0.1, 0.15) is 54.4 Å². The molecule has 1 aliphatic carbocycles. The Morgan fingerprint density at radius 1 is 1.13 bits per heavy atom. The van der Waals surface area contributed by atoms with Gasteiger partial charge in [-0.25, -0.2) is 0 Å². The van der Waals surface area contributed by atoms with Gasteiger partial charge in [0.05, 0.1) is 11.3 Å². The van der Waals surface area contributed by atoms with Crippen LogP contribution in [-0.2, 0) is 17.6 Å². The van der Waals surface area contributed by atoms with E-state index in [1.54, 1.807) is 6.07 Å². The number of carboxylic acids is 1. The Labute approximate surface area is 137 Å². The quantitative estimate of drug-likeness (QED) is 0.873. The molecule has 0 radical (unpaired) electrons. The normalized spacial score (nSPS) is 13.2. The highest BCUT2D eigenvalue weighted by atomic mass is 32.1. The number of aliphatic carboxylic acids is 1. The number of hydrogen-bond donors (Lipinski definition) is 1. The lowest BCUT2D eigenvalue weighted by molar-refractivity contribution is -0.136. The van der Waals surface area contributed by atoms with Crippen molar-refractivity contribution in [2.45, 2.75) is 32.6 Å². The molecule has 0 spiro atoms. The topological polar surface area (TPSA) is 71.4 Å². The van der Waals surface area contributed by atoms with Crippen molar-refractivity contribution in [3.63, 3.8) is 0 Å². The Morgan fingerprint density at radius 2 is 1.91 bits per heavy atom. The van der Waals surface area contributed by atoms with Crippen molar-refractivity contribution in [1.82, 2.24) is 0 Å². The number of Topliss-reactive ketones (excluding diaryl/α,β-unsaturated/α-hetero) is 1. The van der Waals surface area contributed by atoms with Gasteiger partial charge >= 0.3 is 5.97 Å². The molecule has 0 aliphatic heterocycles. The average molecular weight is 328 g/mol. The summed E-state index contributed by atoms with van der Waals surface area (Å²) < 4.78 is 0. The number of carbonyl (C=O) groups excluding carboxylic acids is 2. The van der Waals surface area contributed by atoms with Crippen LogP contribution in [0.15, 0.2) is 24.3 Å². The van der Waals surface area contributed by atoms with Crippen molar-refractivity contribution in [1.29, 1.82) is 0 Å². The summed E-state index contributed by atoms with van der Waals surface area (Å²) in [6, 6.07) is 7.46. The highest BCUT2D eigenvalue weighted by Gasteiger charge is 2.25. The minimum absolute atomic E-state index is 0.0291. The summed E-state index contributed by atoms with van der Waals surface area (Å²) in [5, 5.41) is 8.68. The maximum absolute atomic E-state index is 12.7. The molecule has 1 heterocycles. The second kappa shape index (κ2) is 6.08. The summed E-state index contributed by atoms with van der Waals surface area (Å²) in [6.07, 6.45) is 1.30. The SMILES string of the molecule is Cc1ccc2c(c1)CCc1sc(C(=O)CCC(=O)O)cc1C2=O. The lowest BCUT2D eigenvalue weighted by atomic mass is 9.98. The summed E-state index contributed by atoms with van der Waals surface area (Å²) in [5.41, 5.74) is 3.48. The van der Waals surface area contributed by atoms with Crippen molar-refractivity contribution in [3.05, 3.63) is 56.3 Å². The number of hydrogen-bond acceptors (Lipinski definition) is 4. The number of aryl methyl sites for hydroxylation is 3. The van der Waals surface area contributed by atoms with Crippen LogP contribution in [0.5, 0.6) is 0 Å². The number of carbonyl (C=O) groups is 3. The van der Waals surface area contributed by atoms with Gasteiger partial charge in [-0.2, -0.15) is 0 Å². The Morgan fingerprint density at radius 3 is 2.65 bits per heavy atom. The molecule has 0 atom stereocenters. The first kappa shape index (κ1) is 15.6. The Hall–Kier alpha value is -2.27. The molecular formula is C18H16O4S. The van der Waals surface area contributed by atoms with Crippen molar-refractivity contribution < 1.29 is 19.5 Å². The third kappa shape index (κ3) is 3.10. The third-order valence-electron chi connectivity index (χ3n) is 4.02. The fourth-order valence-electron chi connectivity index (χ4n) is 2.83. The molecule has 0 fully saturated rings. The molecule has 0 amide bonds. The zero-order chi connectivity index (χ0) is 16.6. The van der Waals surface area contributed by atoms with Gasteiger partial charge in [0, 0.05) is 22.4 Å². The summed E-state index contributed by atoms with van der Waals surface area (Å²) in [5.74, 6) is -1.24. The van der Waals surface area contributed by atoms with Crippen LogP contribution in [0.3, 0.4) is 0 Å². The molecule has 3 rings (SSSR count). The van der Waals surface area contributed by atoms with Crippen molar-refractivity contribution in [2.24, 2.45) is 0 Å². The molecule has 1 N–H and O–H groups in total. The van der Waals surface area contributed by atoms with E-state index in [0.29, 0.717) is 16.0 Å². The van der Waals surface area contributed by atoms with Crippen LogP contribution in [0, 0.1) is 6.92 Å². The number of thiophene rings is 1. The van der Waals surface area contributed by atoms with E-state index in [2.05, 4.69) is 0 Å². The summed E-state index contributed by atoms with van der Waals surface area (Å²) in [4.78, 5) is 36.8. The summed E-state index contributed by atoms with van der Waals surface area (Å²) in [7, 11) is 0. The highest BCUT2D eigenvalue weighted by Crippen LogP contribution is 2.32. The molecule has 23 heavy (non-hydrogen) atoms. The van der Waals surface area contributed by atoms with Gasteiger partial charge in [-0.3, -0.25) is 14.4 Å². The molecule has 1 aromatic heterocycles. The van der Waals surface area contributed by atoms with Crippen molar-refractivity contribution >= 4 is 28.9 Å². The van der Waals surface area contributed by atoms with Crippen LogP contribution in [-0.4, -0.2) is 22.6 Å². The predicted octanol–water partition coefficient (Wildman–Crippen LogP) is 3.43. The number of ketones is 2. The molecule has 0 saturated heterocycles. The monoisotopic (exact) mass is 328 g/mol. The van der Waals surface area contributed by atoms with Gasteiger partial charge in [0.1, 0.15) is 0 Å². The van der Waals surface area contributed by atoms with E-state index >= 15 is 0 Å². The zero-order valence-electron chi connectivity index (χ0n) is 12.7. The van der Waals surface area contributed by atoms with Crippen molar-refractivity contribution in [3.8, 4) is 0 Å². The minimum Gasteiger partial charge on any atom is -0.481 e. The largest absolute Gasteiger partial charge is 0.481 e. The molecule has 0 saturated carbocycles. The summed E-state index contributed by atoms with van der Waals surface area (Å²) >= 11 is 1.32. The highest BCUT2D eigenvalue weighted by molar-refractivity contribution is 7.14. The molecule has 0 bridgehead atoms. The first-order valence-corrected chi connectivity index (χ1v) is 8.29. The van der Waals surface area contributed by atoms with E-state index in [1.807, 2.05) is 25.1 Å². The average Bonchev–Trinajstić information content (AvgIpc) is 2.89. The van der Waals surface area contributed by atoms with E-state index in [-0.39, 0.29) is 24.4 Å². The molecule has 1 aliphatic rings. The maximum atomic E-state index is 12.7. The van der Waals surface area contributed by atoms with Crippen LogP contribution in [0.2, 0.25) is 0 Å². The smallest absolute Gasteiger partial charge is 0.303 e. The molecule has 4 nitrogen and oxygen atoms in total. The number of benzene rings is 1. The lowest BCUT2D eigenvalue weighted by Crippen LogP contribution is -2.04. The Balaban J connectivity index is 1.92. The minimum atomic E-state index is -0.989. The standard InChI is InChI=1S/C18H16O4S/c1-10-2-4-12-11(8-10)3-6-15-13(18(12)22)9-16(23-15)14(19)5-7-17(20)21/h2,4,8-9H,3,5-7H2,1H3,(H,20,21). The van der Waals surface area contributed by atoms with Gasteiger partial charge in [0.25, 0.3) is 0 Å². The molecule has 2 aromatic rings. The number of fused-ring (bicyclic) bond motifs is 2.